The van der Waals surface area contributed by atoms with Gasteiger partial charge in [0, 0.05) is 17.5 Å². The van der Waals surface area contributed by atoms with Crippen LogP contribution < -0.4 is 14.8 Å². The fraction of sp³-hybridized carbons (Fsp3) is 0.278. The Morgan fingerprint density at radius 3 is 2.42 bits per heavy atom. The molecular weight excluding hydrogens is 329 g/mol. The van der Waals surface area contributed by atoms with Crippen LogP contribution in [-0.2, 0) is 10.5 Å². The van der Waals surface area contributed by atoms with Crippen LogP contribution in [0.2, 0.25) is 0 Å². The van der Waals surface area contributed by atoms with Crippen molar-refractivity contribution in [3.63, 3.8) is 0 Å². The van der Waals surface area contributed by atoms with E-state index in [1.807, 2.05) is 6.92 Å². The Hall–Kier alpha value is -2.21. The third-order valence-electron chi connectivity index (χ3n) is 3.43. The van der Waals surface area contributed by atoms with Crippen molar-refractivity contribution in [3.8, 4) is 11.5 Å². The third-order valence-corrected chi connectivity index (χ3v) is 4.65. The second-order valence-corrected chi connectivity index (χ2v) is 6.47. The maximum absolute atomic E-state index is 12.9. The van der Waals surface area contributed by atoms with Crippen molar-refractivity contribution in [1.29, 1.82) is 0 Å². The lowest BCUT2D eigenvalue weighted by atomic mass is 10.2. The molecule has 0 spiro atoms. The topological polar surface area (TPSA) is 47.6 Å². The SMILES string of the molecule is COc1ccc(NC(=O)C(C)SCc2ccc(F)cc2)cc1OC. The Morgan fingerprint density at radius 1 is 1.12 bits per heavy atom. The van der Waals surface area contributed by atoms with Gasteiger partial charge < -0.3 is 14.8 Å². The molecular formula is C18H20FNO3S. The summed E-state index contributed by atoms with van der Waals surface area (Å²) in [6, 6.07) is 11.5. The zero-order valence-corrected chi connectivity index (χ0v) is 14.7. The van der Waals surface area contributed by atoms with E-state index >= 15 is 0 Å². The van der Waals surface area contributed by atoms with Gasteiger partial charge in [0.15, 0.2) is 11.5 Å². The van der Waals surface area contributed by atoms with Gasteiger partial charge in [-0.2, -0.15) is 0 Å². The highest BCUT2D eigenvalue weighted by Gasteiger charge is 2.15. The first-order valence-corrected chi connectivity index (χ1v) is 8.47. The number of thioether (sulfide) groups is 1. The molecule has 0 aliphatic rings. The Bertz CT molecular complexity index is 691. The molecule has 2 aromatic carbocycles. The molecule has 0 aliphatic carbocycles. The molecule has 1 unspecified atom stereocenters. The molecule has 4 nitrogen and oxygen atoms in total. The summed E-state index contributed by atoms with van der Waals surface area (Å²) in [5, 5.41) is 2.61. The number of halogens is 1. The Labute approximate surface area is 145 Å². The van der Waals surface area contributed by atoms with E-state index in [2.05, 4.69) is 5.32 Å². The molecule has 0 aromatic heterocycles. The number of benzene rings is 2. The maximum atomic E-state index is 12.9. The number of nitrogens with one attached hydrogen (secondary N) is 1. The van der Waals surface area contributed by atoms with Crippen LogP contribution in [0.1, 0.15) is 12.5 Å². The molecule has 24 heavy (non-hydrogen) atoms. The molecule has 2 aromatic rings. The summed E-state index contributed by atoms with van der Waals surface area (Å²) < 4.78 is 23.3. The molecule has 0 saturated heterocycles. The quantitative estimate of drug-likeness (QED) is 0.817. The molecule has 0 heterocycles. The van der Waals surface area contributed by atoms with Crippen molar-refractivity contribution in [2.24, 2.45) is 0 Å². The number of carbonyl (C=O) groups is 1. The van der Waals surface area contributed by atoms with E-state index in [-0.39, 0.29) is 17.0 Å². The first-order valence-electron chi connectivity index (χ1n) is 7.42. The standard InChI is InChI=1S/C18H20FNO3S/c1-12(24-11-13-4-6-14(19)7-5-13)18(21)20-15-8-9-16(22-2)17(10-15)23-3/h4-10,12H,11H2,1-3H3,(H,20,21). The molecule has 1 amide bonds. The number of methoxy groups -OCH3 is 2. The van der Waals surface area contributed by atoms with Crippen molar-refractivity contribution in [2.75, 3.05) is 19.5 Å². The summed E-state index contributed by atoms with van der Waals surface area (Å²) in [7, 11) is 3.11. The number of carbonyl (C=O) groups excluding carboxylic acids is 1. The van der Waals surface area contributed by atoms with Gasteiger partial charge in [0.25, 0.3) is 0 Å². The van der Waals surface area contributed by atoms with E-state index in [4.69, 9.17) is 9.47 Å². The van der Waals surface area contributed by atoms with Crippen LogP contribution in [-0.4, -0.2) is 25.4 Å². The normalized spacial score (nSPS) is 11.7. The smallest absolute Gasteiger partial charge is 0.237 e. The van der Waals surface area contributed by atoms with E-state index in [1.165, 1.54) is 23.9 Å². The summed E-state index contributed by atoms with van der Waals surface area (Å²) in [5.41, 5.74) is 1.62. The minimum absolute atomic E-state index is 0.102. The van der Waals surface area contributed by atoms with Crippen molar-refractivity contribution in [3.05, 3.63) is 53.8 Å². The molecule has 0 radical (unpaired) electrons. The predicted molar refractivity (Wildman–Crippen MR) is 95.3 cm³/mol. The van der Waals surface area contributed by atoms with Gasteiger partial charge in [-0.05, 0) is 36.8 Å². The van der Waals surface area contributed by atoms with Crippen LogP contribution >= 0.6 is 11.8 Å². The molecule has 0 fully saturated rings. The summed E-state index contributed by atoms with van der Waals surface area (Å²) in [4.78, 5) is 12.3. The first kappa shape index (κ1) is 18.1. The molecule has 1 atom stereocenters. The molecule has 6 heteroatoms. The van der Waals surface area contributed by atoms with Crippen LogP contribution in [0.15, 0.2) is 42.5 Å². The number of rotatable bonds is 7. The van der Waals surface area contributed by atoms with E-state index < -0.39 is 0 Å². The number of amides is 1. The molecule has 2 rings (SSSR count). The van der Waals surface area contributed by atoms with Gasteiger partial charge in [-0.25, -0.2) is 4.39 Å². The fourth-order valence-electron chi connectivity index (χ4n) is 2.04. The average Bonchev–Trinajstić information content (AvgIpc) is 2.60. The molecule has 0 aliphatic heterocycles. The van der Waals surface area contributed by atoms with Crippen LogP contribution in [0.25, 0.3) is 0 Å². The lowest BCUT2D eigenvalue weighted by molar-refractivity contribution is -0.115. The van der Waals surface area contributed by atoms with Gasteiger partial charge in [0.05, 0.1) is 19.5 Å². The van der Waals surface area contributed by atoms with Gasteiger partial charge in [-0.1, -0.05) is 12.1 Å². The highest BCUT2D eigenvalue weighted by molar-refractivity contribution is 7.99. The van der Waals surface area contributed by atoms with Crippen LogP contribution in [0.3, 0.4) is 0 Å². The number of hydrogen-bond donors (Lipinski definition) is 1. The van der Waals surface area contributed by atoms with Crippen molar-refractivity contribution < 1.29 is 18.7 Å². The second-order valence-electron chi connectivity index (χ2n) is 5.14. The van der Waals surface area contributed by atoms with Crippen LogP contribution in [0.5, 0.6) is 11.5 Å². The minimum atomic E-state index is -0.261. The summed E-state index contributed by atoms with van der Waals surface area (Å²) in [5.74, 6) is 1.44. The largest absolute Gasteiger partial charge is 0.493 e. The molecule has 1 N–H and O–H groups in total. The van der Waals surface area contributed by atoms with E-state index in [1.54, 1.807) is 44.6 Å². The van der Waals surface area contributed by atoms with E-state index in [9.17, 15) is 9.18 Å². The van der Waals surface area contributed by atoms with Crippen molar-refractivity contribution in [2.45, 2.75) is 17.9 Å². The summed E-state index contributed by atoms with van der Waals surface area (Å²) >= 11 is 1.49. The Morgan fingerprint density at radius 2 is 1.79 bits per heavy atom. The van der Waals surface area contributed by atoms with E-state index in [0.29, 0.717) is 22.9 Å². The molecule has 0 bridgehead atoms. The monoisotopic (exact) mass is 349 g/mol. The van der Waals surface area contributed by atoms with Gasteiger partial charge >= 0.3 is 0 Å². The average molecular weight is 349 g/mol. The second kappa shape index (κ2) is 8.59. The van der Waals surface area contributed by atoms with Crippen LogP contribution in [0, 0.1) is 5.82 Å². The van der Waals surface area contributed by atoms with Crippen LogP contribution in [0.4, 0.5) is 10.1 Å². The lowest BCUT2D eigenvalue weighted by Gasteiger charge is -2.14. The third kappa shape index (κ3) is 4.89. The summed E-state index contributed by atoms with van der Waals surface area (Å²) in [6.45, 7) is 1.84. The number of anilines is 1. The predicted octanol–water partition coefficient (Wildman–Crippen LogP) is 4.10. The summed E-state index contributed by atoms with van der Waals surface area (Å²) in [6.07, 6.45) is 0. The van der Waals surface area contributed by atoms with Crippen molar-refractivity contribution in [1.82, 2.24) is 0 Å². The number of ether oxygens (including phenoxy) is 2. The fourth-order valence-corrected chi connectivity index (χ4v) is 2.88. The highest BCUT2D eigenvalue weighted by atomic mass is 32.2. The molecule has 0 saturated carbocycles. The first-order chi connectivity index (χ1) is 11.5. The molecule has 128 valence electrons. The lowest BCUT2D eigenvalue weighted by Crippen LogP contribution is -2.22. The zero-order valence-electron chi connectivity index (χ0n) is 13.8. The number of hydrogen-bond acceptors (Lipinski definition) is 4. The van der Waals surface area contributed by atoms with Crippen molar-refractivity contribution >= 4 is 23.4 Å². The highest BCUT2D eigenvalue weighted by Crippen LogP contribution is 2.30. The Kier molecular flexibility index (Phi) is 6.49. The van der Waals surface area contributed by atoms with Gasteiger partial charge in [0.1, 0.15) is 5.82 Å². The maximum Gasteiger partial charge on any atom is 0.237 e. The van der Waals surface area contributed by atoms with E-state index in [0.717, 1.165) is 5.56 Å². The Balaban J connectivity index is 1.92. The minimum Gasteiger partial charge on any atom is -0.493 e. The van der Waals surface area contributed by atoms with Gasteiger partial charge in [-0.15, -0.1) is 11.8 Å². The van der Waals surface area contributed by atoms with Gasteiger partial charge in [-0.3, -0.25) is 4.79 Å². The zero-order chi connectivity index (χ0) is 17.5. The van der Waals surface area contributed by atoms with Gasteiger partial charge in [0.2, 0.25) is 5.91 Å².